The molecule has 6 heteroatoms. The van der Waals surface area contributed by atoms with Gasteiger partial charge in [-0.25, -0.2) is 4.39 Å². The molecule has 0 spiro atoms. The highest BCUT2D eigenvalue weighted by Gasteiger charge is 2.34. The van der Waals surface area contributed by atoms with Crippen LogP contribution in [0.5, 0.6) is 0 Å². The minimum Gasteiger partial charge on any atom is -0.327 e. The van der Waals surface area contributed by atoms with Crippen LogP contribution in [0, 0.1) is 5.82 Å². The summed E-state index contributed by atoms with van der Waals surface area (Å²) in [5.41, 5.74) is 3.02. The van der Waals surface area contributed by atoms with E-state index in [2.05, 4.69) is 5.32 Å². The van der Waals surface area contributed by atoms with Gasteiger partial charge < -0.3 is 10.2 Å². The first-order valence-corrected chi connectivity index (χ1v) is 10.9. The van der Waals surface area contributed by atoms with Crippen molar-refractivity contribution in [2.75, 3.05) is 11.6 Å². The number of anilines is 1. The number of thioether (sulfide) groups is 1. The highest BCUT2D eigenvalue weighted by Crippen LogP contribution is 2.34. The van der Waals surface area contributed by atoms with Gasteiger partial charge in [0.05, 0.1) is 12.5 Å². The maximum atomic E-state index is 13.5. The van der Waals surface area contributed by atoms with E-state index in [1.807, 2.05) is 48.7 Å². The van der Waals surface area contributed by atoms with E-state index in [1.54, 1.807) is 34.9 Å². The van der Waals surface area contributed by atoms with Gasteiger partial charge in [-0.2, -0.15) is 0 Å². The van der Waals surface area contributed by atoms with Crippen molar-refractivity contribution in [3.63, 3.8) is 0 Å². The van der Waals surface area contributed by atoms with E-state index in [-0.39, 0.29) is 24.1 Å². The van der Waals surface area contributed by atoms with Gasteiger partial charge in [0.2, 0.25) is 5.91 Å². The number of carbonyl (C=O) groups excluding carboxylic acids is 2. The molecule has 0 aliphatic carbocycles. The second-order valence-corrected chi connectivity index (χ2v) is 8.02. The summed E-state index contributed by atoms with van der Waals surface area (Å²) in [6.07, 6.45) is 2.05. The summed E-state index contributed by atoms with van der Waals surface area (Å²) in [6, 6.07) is 20.5. The topological polar surface area (TPSA) is 49.4 Å². The molecule has 4 rings (SSSR count). The zero-order valence-electron chi connectivity index (χ0n) is 16.5. The fraction of sp³-hybridized carbons (Fsp3) is 0.167. The summed E-state index contributed by atoms with van der Waals surface area (Å²) in [5.74, 6) is -0.671. The molecule has 0 radical (unpaired) electrons. The first-order valence-electron chi connectivity index (χ1n) is 9.63. The van der Waals surface area contributed by atoms with E-state index in [0.717, 1.165) is 16.0 Å². The van der Waals surface area contributed by atoms with Gasteiger partial charge in [0.1, 0.15) is 5.82 Å². The number of amides is 2. The Balaban J connectivity index is 1.59. The molecule has 30 heavy (non-hydrogen) atoms. The average molecular weight is 421 g/mol. The predicted molar refractivity (Wildman–Crippen MR) is 117 cm³/mol. The summed E-state index contributed by atoms with van der Waals surface area (Å²) >= 11 is 1.60. The van der Waals surface area contributed by atoms with E-state index in [0.29, 0.717) is 17.8 Å². The van der Waals surface area contributed by atoms with Gasteiger partial charge in [0.25, 0.3) is 5.91 Å². The quantitative estimate of drug-likeness (QED) is 0.553. The Hall–Kier alpha value is -3.12. The van der Waals surface area contributed by atoms with Crippen molar-refractivity contribution in [2.24, 2.45) is 0 Å². The molecule has 152 valence electrons. The molecule has 3 aromatic rings. The van der Waals surface area contributed by atoms with E-state index >= 15 is 0 Å². The number of benzene rings is 3. The third-order valence-corrected chi connectivity index (χ3v) is 5.94. The number of halogens is 1. The first kappa shape index (κ1) is 20.2. The van der Waals surface area contributed by atoms with Gasteiger partial charge in [0.15, 0.2) is 0 Å². The number of nitrogens with one attached hydrogen (secondary N) is 1. The number of hydrogen-bond donors (Lipinski definition) is 1. The van der Waals surface area contributed by atoms with Gasteiger partial charge in [0, 0.05) is 22.7 Å². The Bertz CT molecular complexity index is 1080. The average Bonchev–Trinajstić information content (AvgIpc) is 3.09. The van der Waals surface area contributed by atoms with E-state index in [1.165, 1.54) is 12.1 Å². The molecule has 0 saturated carbocycles. The molecule has 1 atom stereocenters. The largest absolute Gasteiger partial charge is 0.327 e. The molecule has 0 saturated heterocycles. The lowest BCUT2D eigenvalue weighted by atomic mass is 10.0. The third kappa shape index (κ3) is 4.24. The van der Waals surface area contributed by atoms with E-state index in [4.69, 9.17) is 0 Å². The molecule has 0 bridgehead atoms. The summed E-state index contributed by atoms with van der Waals surface area (Å²) in [6.45, 7) is 0.423. The Morgan fingerprint density at radius 2 is 1.87 bits per heavy atom. The zero-order valence-corrected chi connectivity index (χ0v) is 17.3. The minimum absolute atomic E-state index is 0.0782. The Morgan fingerprint density at radius 3 is 2.60 bits per heavy atom. The van der Waals surface area contributed by atoms with Crippen LogP contribution in [0.4, 0.5) is 10.1 Å². The van der Waals surface area contributed by atoms with Crippen LogP contribution in [-0.4, -0.2) is 23.0 Å². The lowest BCUT2D eigenvalue weighted by Crippen LogP contribution is -2.32. The molecule has 3 aromatic carbocycles. The summed E-state index contributed by atoms with van der Waals surface area (Å²) in [5, 5.41) is 2.92. The second kappa shape index (κ2) is 8.71. The van der Waals surface area contributed by atoms with Crippen LogP contribution < -0.4 is 5.32 Å². The lowest BCUT2D eigenvalue weighted by Gasteiger charge is -2.28. The van der Waals surface area contributed by atoms with Gasteiger partial charge >= 0.3 is 0 Å². The van der Waals surface area contributed by atoms with Crippen molar-refractivity contribution >= 4 is 29.3 Å². The number of rotatable bonds is 6. The van der Waals surface area contributed by atoms with Gasteiger partial charge in [-0.05, 0) is 53.8 Å². The van der Waals surface area contributed by atoms with Crippen LogP contribution in [0.25, 0.3) is 0 Å². The molecule has 1 N–H and O–H groups in total. The Morgan fingerprint density at radius 1 is 1.10 bits per heavy atom. The third-order valence-electron chi connectivity index (χ3n) is 5.21. The SMILES string of the molecule is CSc1cccc(NC(=O)C[C@@H](c2ccc(F)cc2)N2Cc3ccccc3C2=O)c1. The zero-order chi connectivity index (χ0) is 21.1. The van der Waals surface area contributed by atoms with Gasteiger partial charge in [-0.15, -0.1) is 11.8 Å². The van der Waals surface area contributed by atoms with Crippen molar-refractivity contribution in [3.05, 3.63) is 95.3 Å². The highest BCUT2D eigenvalue weighted by atomic mass is 32.2. The molecule has 4 nitrogen and oxygen atoms in total. The molecule has 1 heterocycles. The fourth-order valence-electron chi connectivity index (χ4n) is 3.71. The molecular weight excluding hydrogens is 399 g/mol. The number of hydrogen-bond acceptors (Lipinski definition) is 3. The predicted octanol–water partition coefficient (Wildman–Crippen LogP) is 5.27. The molecule has 0 unspecified atom stereocenters. The van der Waals surface area contributed by atoms with Crippen LogP contribution >= 0.6 is 11.8 Å². The number of fused-ring (bicyclic) bond motifs is 1. The monoisotopic (exact) mass is 420 g/mol. The number of carbonyl (C=O) groups is 2. The smallest absolute Gasteiger partial charge is 0.255 e. The van der Waals surface area contributed by atoms with Crippen molar-refractivity contribution in [1.29, 1.82) is 0 Å². The second-order valence-electron chi connectivity index (χ2n) is 7.14. The Kier molecular flexibility index (Phi) is 5.86. The number of nitrogens with zero attached hydrogens (tertiary/aromatic N) is 1. The maximum Gasteiger partial charge on any atom is 0.255 e. The Labute approximate surface area is 179 Å². The van der Waals surface area contributed by atoms with Crippen molar-refractivity contribution in [3.8, 4) is 0 Å². The van der Waals surface area contributed by atoms with E-state index < -0.39 is 6.04 Å². The maximum absolute atomic E-state index is 13.5. The van der Waals surface area contributed by atoms with Gasteiger partial charge in [-0.3, -0.25) is 9.59 Å². The van der Waals surface area contributed by atoms with Crippen LogP contribution in [0.1, 0.15) is 33.9 Å². The minimum atomic E-state index is -0.491. The summed E-state index contributed by atoms with van der Waals surface area (Å²) in [4.78, 5) is 28.6. The van der Waals surface area contributed by atoms with Crippen LogP contribution in [0.2, 0.25) is 0 Å². The van der Waals surface area contributed by atoms with Crippen LogP contribution in [-0.2, 0) is 11.3 Å². The molecular formula is C24H21FN2O2S. The van der Waals surface area contributed by atoms with Gasteiger partial charge in [-0.1, -0.05) is 36.4 Å². The highest BCUT2D eigenvalue weighted by molar-refractivity contribution is 7.98. The van der Waals surface area contributed by atoms with Crippen LogP contribution in [0.15, 0.2) is 77.7 Å². The first-order chi connectivity index (χ1) is 14.5. The molecule has 2 amide bonds. The standard InChI is InChI=1S/C24H21FN2O2S/c1-30-20-7-4-6-19(13-20)26-23(28)14-22(16-9-11-18(25)12-10-16)27-15-17-5-2-3-8-21(17)24(27)29/h2-13,22H,14-15H2,1H3,(H,26,28)/t22-/m0/s1. The lowest BCUT2D eigenvalue weighted by molar-refractivity contribution is -0.117. The molecule has 0 aromatic heterocycles. The van der Waals surface area contributed by atoms with Crippen molar-refractivity contribution in [2.45, 2.75) is 23.9 Å². The summed E-state index contributed by atoms with van der Waals surface area (Å²) in [7, 11) is 0. The molecule has 0 fully saturated rings. The fourth-order valence-corrected chi connectivity index (χ4v) is 4.17. The summed E-state index contributed by atoms with van der Waals surface area (Å²) < 4.78 is 13.5. The van der Waals surface area contributed by atoms with Crippen molar-refractivity contribution < 1.29 is 14.0 Å². The normalized spacial score (nSPS) is 13.8. The van der Waals surface area contributed by atoms with Crippen LogP contribution in [0.3, 0.4) is 0 Å². The molecule has 1 aliphatic heterocycles. The van der Waals surface area contributed by atoms with E-state index in [9.17, 15) is 14.0 Å². The molecule has 1 aliphatic rings. The van der Waals surface area contributed by atoms with Crippen molar-refractivity contribution in [1.82, 2.24) is 4.90 Å².